The molecule has 0 radical (unpaired) electrons. The number of hydrogen-bond acceptors (Lipinski definition) is 5. The van der Waals surface area contributed by atoms with E-state index in [0.717, 1.165) is 0 Å². The molecule has 1 rings (SSSR count). The van der Waals surface area contributed by atoms with Gasteiger partial charge in [-0.3, -0.25) is 4.79 Å². The summed E-state index contributed by atoms with van der Waals surface area (Å²) in [4.78, 5) is 18.0. The van der Waals surface area contributed by atoms with Crippen molar-refractivity contribution in [2.75, 3.05) is 40.0 Å². The Labute approximate surface area is 124 Å². The highest BCUT2D eigenvalue weighted by Gasteiger charge is 2.18. The Hall–Kier alpha value is -1.94. The van der Waals surface area contributed by atoms with Crippen LogP contribution in [0.1, 0.15) is 22.5 Å². The molecule has 0 spiro atoms. The van der Waals surface area contributed by atoms with Gasteiger partial charge in [-0.2, -0.15) is 0 Å². The van der Waals surface area contributed by atoms with Gasteiger partial charge in [0.2, 0.25) is 0 Å². The maximum Gasteiger partial charge on any atom is 0.273 e. The number of pyridine rings is 1. The number of aliphatic hydroxyl groups excluding tert-OH is 2. The third kappa shape index (κ3) is 5.52. The monoisotopic (exact) mass is 292 g/mol. The van der Waals surface area contributed by atoms with E-state index >= 15 is 0 Å². The Bertz CT molecular complexity index is 508. The van der Waals surface area contributed by atoms with Crippen LogP contribution >= 0.6 is 0 Å². The standard InChI is InChI=1S/C15H20N2O4/c1-21-12-9-17(8-11-19)15(20)14-13(5-2-3-10-18)6-4-7-16-14/h4,6-7,18-19H,3,8-12H2,1H3. The molecule has 114 valence electrons. The van der Waals surface area contributed by atoms with Crippen molar-refractivity contribution in [3.63, 3.8) is 0 Å². The average molecular weight is 292 g/mol. The number of ether oxygens (including phenoxy) is 1. The number of rotatable bonds is 7. The van der Waals surface area contributed by atoms with Crippen LogP contribution in [0.25, 0.3) is 0 Å². The predicted molar refractivity (Wildman–Crippen MR) is 77.7 cm³/mol. The fourth-order valence-electron chi connectivity index (χ4n) is 1.68. The Morgan fingerprint density at radius 1 is 1.38 bits per heavy atom. The quantitative estimate of drug-likeness (QED) is 0.686. The number of aromatic nitrogens is 1. The van der Waals surface area contributed by atoms with E-state index in [1.165, 1.54) is 11.1 Å². The first kappa shape index (κ1) is 17.1. The second-order valence-electron chi connectivity index (χ2n) is 4.18. The van der Waals surface area contributed by atoms with Gasteiger partial charge in [0.1, 0.15) is 5.69 Å². The van der Waals surface area contributed by atoms with Crippen molar-refractivity contribution in [2.45, 2.75) is 6.42 Å². The van der Waals surface area contributed by atoms with Crippen LogP contribution in [-0.4, -0.2) is 66.0 Å². The SMILES string of the molecule is COCCN(CCO)C(=O)c1ncccc1C#CCCO. The number of amides is 1. The Balaban J connectivity index is 2.96. The zero-order valence-electron chi connectivity index (χ0n) is 12.1. The van der Waals surface area contributed by atoms with Gasteiger partial charge in [-0.05, 0) is 12.1 Å². The van der Waals surface area contributed by atoms with Gasteiger partial charge in [0.25, 0.3) is 5.91 Å². The van der Waals surface area contributed by atoms with Crippen LogP contribution in [-0.2, 0) is 4.74 Å². The number of nitrogens with zero attached hydrogens (tertiary/aromatic N) is 2. The van der Waals surface area contributed by atoms with Crippen molar-refractivity contribution < 1.29 is 19.7 Å². The summed E-state index contributed by atoms with van der Waals surface area (Å²) in [6.07, 6.45) is 1.87. The lowest BCUT2D eigenvalue weighted by Crippen LogP contribution is -2.37. The van der Waals surface area contributed by atoms with Crippen LogP contribution in [0, 0.1) is 11.8 Å². The van der Waals surface area contributed by atoms with E-state index in [1.54, 1.807) is 19.2 Å². The van der Waals surface area contributed by atoms with E-state index in [0.29, 0.717) is 25.1 Å². The summed E-state index contributed by atoms with van der Waals surface area (Å²) in [6, 6.07) is 3.41. The average Bonchev–Trinajstić information content (AvgIpc) is 2.51. The predicted octanol–water partition coefficient (Wildman–Crippen LogP) is -0.104. The fourth-order valence-corrected chi connectivity index (χ4v) is 1.68. The molecule has 0 aromatic carbocycles. The van der Waals surface area contributed by atoms with Crippen LogP contribution in [0.3, 0.4) is 0 Å². The van der Waals surface area contributed by atoms with Gasteiger partial charge in [-0.25, -0.2) is 4.98 Å². The molecule has 0 unspecified atom stereocenters. The first-order valence-corrected chi connectivity index (χ1v) is 6.68. The molecule has 0 fully saturated rings. The van der Waals surface area contributed by atoms with Crippen molar-refractivity contribution in [1.29, 1.82) is 0 Å². The van der Waals surface area contributed by atoms with E-state index in [9.17, 15) is 4.79 Å². The van der Waals surface area contributed by atoms with Gasteiger partial charge < -0.3 is 19.8 Å². The summed E-state index contributed by atoms with van der Waals surface area (Å²) in [5.74, 6) is 5.31. The minimum atomic E-state index is -0.296. The third-order valence-corrected chi connectivity index (χ3v) is 2.69. The number of hydrogen-bond donors (Lipinski definition) is 2. The topological polar surface area (TPSA) is 82.9 Å². The molecule has 0 saturated carbocycles. The minimum absolute atomic E-state index is 0.0268. The Morgan fingerprint density at radius 2 is 2.19 bits per heavy atom. The van der Waals surface area contributed by atoms with E-state index in [-0.39, 0.29) is 31.4 Å². The molecule has 0 aliphatic heterocycles. The molecule has 2 N–H and O–H groups in total. The summed E-state index contributed by atoms with van der Waals surface area (Å²) in [5, 5.41) is 17.8. The molecular weight excluding hydrogens is 272 g/mol. The Morgan fingerprint density at radius 3 is 2.86 bits per heavy atom. The summed E-state index contributed by atoms with van der Waals surface area (Å²) < 4.78 is 4.96. The molecule has 6 heteroatoms. The number of carbonyl (C=O) groups is 1. The molecule has 6 nitrogen and oxygen atoms in total. The normalized spacial score (nSPS) is 9.86. The fraction of sp³-hybridized carbons (Fsp3) is 0.467. The molecule has 1 amide bonds. The summed E-state index contributed by atoms with van der Waals surface area (Å²) in [5.41, 5.74) is 0.754. The van der Waals surface area contributed by atoms with Gasteiger partial charge >= 0.3 is 0 Å². The van der Waals surface area contributed by atoms with Gasteiger partial charge in [-0.1, -0.05) is 11.8 Å². The number of carbonyl (C=O) groups excluding carboxylic acids is 1. The highest BCUT2D eigenvalue weighted by Crippen LogP contribution is 2.08. The largest absolute Gasteiger partial charge is 0.395 e. The van der Waals surface area contributed by atoms with Gasteiger partial charge in [0.05, 0.1) is 25.4 Å². The second-order valence-corrected chi connectivity index (χ2v) is 4.18. The van der Waals surface area contributed by atoms with Gasteiger partial charge in [-0.15, -0.1) is 0 Å². The highest BCUT2D eigenvalue weighted by atomic mass is 16.5. The molecule has 1 heterocycles. The number of methoxy groups -OCH3 is 1. The molecule has 0 bridgehead atoms. The maximum atomic E-state index is 12.5. The van der Waals surface area contributed by atoms with Crippen LogP contribution in [0.4, 0.5) is 0 Å². The van der Waals surface area contributed by atoms with Crippen molar-refractivity contribution in [1.82, 2.24) is 9.88 Å². The number of aliphatic hydroxyl groups is 2. The summed E-state index contributed by atoms with van der Waals surface area (Å²) >= 11 is 0. The molecule has 0 aliphatic rings. The van der Waals surface area contributed by atoms with Crippen LogP contribution in [0.15, 0.2) is 18.3 Å². The highest BCUT2D eigenvalue weighted by molar-refractivity contribution is 5.94. The maximum absolute atomic E-state index is 12.5. The molecule has 1 aromatic heterocycles. The lowest BCUT2D eigenvalue weighted by atomic mass is 10.1. The van der Waals surface area contributed by atoms with E-state index in [2.05, 4.69) is 16.8 Å². The summed E-state index contributed by atoms with van der Waals surface area (Å²) in [6.45, 7) is 0.803. The minimum Gasteiger partial charge on any atom is -0.395 e. The first-order chi connectivity index (χ1) is 10.2. The van der Waals surface area contributed by atoms with Gasteiger partial charge in [0.15, 0.2) is 0 Å². The van der Waals surface area contributed by atoms with E-state index in [4.69, 9.17) is 14.9 Å². The molecule has 21 heavy (non-hydrogen) atoms. The van der Waals surface area contributed by atoms with E-state index < -0.39 is 0 Å². The van der Waals surface area contributed by atoms with E-state index in [1.807, 2.05) is 0 Å². The lowest BCUT2D eigenvalue weighted by Gasteiger charge is -2.21. The van der Waals surface area contributed by atoms with Crippen LogP contribution in [0.2, 0.25) is 0 Å². The van der Waals surface area contributed by atoms with Crippen molar-refractivity contribution in [3.05, 3.63) is 29.6 Å². The lowest BCUT2D eigenvalue weighted by molar-refractivity contribution is 0.0650. The van der Waals surface area contributed by atoms with Gasteiger partial charge in [0, 0.05) is 32.8 Å². The third-order valence-electron chi connectivity index (χ3n) is 2.69. The molecule has 0 aliphatic carbocycles. The summed E-state index contributed by atoms with van der Waals surface area (Å²) in [7, 11) is 1.55. The smallest absolute Gasteiger partial charge is 0.273 e. The molecule has 1 aromatic rings. The van der Waals surface area contributed by atoms with Crippen molar-refractivity contribution in [3.8, 4) is 11.8 Å². The zero-order chi connectivity index (χ0) is 15.5. The second kappa shape index (κ2) is 9.88. The molecular formula is C15H20N2O4. The Kier molecular flexibility index (Phi) is 8.05. The zero-order valence-corrected chi connectivity index (χ0v) is 12.1. The van der Waals surface area contributed by atoms with Crippen molar-refractivity contribution in [2.24, 2.45) is 0 Å². The molecule has 0 saturated heterocycles. The van der Waals surface area contributed by atoms with Crippen LogP contribution in [0.5, 0.6) is 0 Å². The molecule has 0 atom stereocenters. The van der Waals surface area contributed by atoms with Crippen LogP contribution < -0.4 is 0 Å². The van der Waals surface area contributed by atoms with Crippen molar-refractivity contribution >= 4 is 5.91 Å². The first-order valence-electron chi connectivity index (χ1n) is 6.68.